The van der Waals surface area contributed by atoms with Crippen molar-refractivity contribution in [3.8, 4) is 5.75 Å². The van der Waals surface area contributed by atoms with E-state index in [9.17, 15) is 0 Å². The van der Waals surface area contributed by atoms with Gasteiger partial charge in [-0.15, -0.1) is 0 Å². The zero-order valence-electron chi connectivity index (χ0n) is 10.8. The molecule has 1 saturated heterocycles. The number of para-hydroxylation sites is 2. The van der Waals surface area contributed by atoms with Gasteiger partial charge in [0.1, 0.15) is 5.75 Å². The maximum Gasteiger partial charge on any atom is 0.142 e. The van der Waals surface area contributed by atoms with Crippen LogP contribution in [0.1, 0.15) is 26.7 Å². The van der Waals surface area contributed by atoms with Crippen molar-refractivity contribution >= 4 is 5.69 Å². The first kappa shape index (κ1) is 12.2. The van der Waals surface area contributed by atoms with Crippen LogP contribution in [-0.2, 0) is 0 Å². The topological polar surface area (TPSA) is 38.5 Å². The van der Waals surface area contributed by atoms with Crippen LogP contribution < -0.4 is 15.4 Å². The molecule has 2 N–H and O–H groups in total. The Morgan fingerprint density at radius 1 is 1.41 bits per heavy atom. The van der Waals surface area contributed by atoms with Gasteiger partial charge in [0.05, 0.1) is 12.3 Å². The minimum absolute atomic E-state index is 0.0857. The molecule has 17 heavy (non-hydrogen) atoms. The molecule has 1 fully saturated rings. The molecule has 0 bridgehead atoms. The van der Waals surface area contributed by atoms with Gasteiger partial charge < -0.3 is 15.4 Å². The van der Waals surface area contributed by atoms with Gasteiger partial charge in [-0.1, -0.05) is 12.1 Å². The van der Waals surface area contributed by atoms with Crippen molar-refractivity contribution in [3.63, 3.8) is 0 Å². The summed E-state index contributed by atoms with van der Waals surface area (Å²) >= 11 is 0. The molecule has 3 heteroatoms. The van der Waals surface area contributed by atoms with E-state index >= 15 is 0 Å². The van der Waals surface area contributed by atoms with Crippen LogP contribution in [0.2, 0.25) is 0 Å². The Morgan fingerprint density at radius 2 is 2.18 bits per heavy atom. The molecule has 0 aromatic heterocycles. The Labute approximate surface area is 104 Å². The number of rotatable bonds is 3. The van der Waals surface area contributed by atoms with Gasteiger partial charge in [0.15, 0.2) is 0 Å². The standard InChI is InChI=1S/C14H22N2O/c1-3-17-13-8-5-4-7-12(13)16-10-6-9-14(2,15)11-16/h4-5,7-8H,3,6,9-11,15H2,1-2H3. The molecule has 0 amide bonds. The van der Waals surface area contributed by atoms with E-state index in [2.05, 4.69) is 24.0 Å². The lowest BCUT2D eigenvalue weighted by Gasteiger charge is -2.39. The number of nitrogens with two attached hydrogens (primary N) is 1. The van der Waals surface area contributed by atoms with Crippen molar-refractivity contribution in [2.45, 2.75) is 32.2 Å². The third-order valence-electron chi connectivity index (χ3n) is 3.23. The maximum atomic E-state index is 6.25. The normalized spacial score (nSPS) is 24.8. The number of hydrogen-bond donors (Lipinski definition) is 1. The van der Waals surface area contributed by atoms with E-state index in [-0.39, 0.29) is 5.54 Å². The van der Waals surface area contributed by atoms with Gasteiger partial charge in [-0.2, -0.15) is 0 Å². The number of anilines is 1. The minimum atomic E-state index is -0.0857. The van der Waals surface area contributed by atoms with Crippen LogP contribution >= 0.6 is 0 Å². The van der Waals surface area contributed by atoms with E-state index in [1.165, 1.54) is 5.69 Å². The summed E-state index contributed by atoms with van der Waals surface area (Å²) in [6.07, 6.45) is 2.24. The third-order valence-corrected chi connectivity index (χ3v) is 3.23. The average Bonchev–Trinajstić information content (AvgIpc) is 2.29. The Hall–Kier alpha value is -1.22. The fourth-order valence-corrected chi connectivity index (χ4v) is 2.47. The molecule has 1 aliphatic rings. The van der Waals surface area contributed by atoms with E-state index in [1.54, 1.807) is 0 Å². The van der Waals surface area contributed by atoms with Gasteiger partial charge in [-0.3, -0.25) is 0 Å². The average molecular weight is 234 g/mol. The fourth-order valence-electron chi connectivity index (χ4n) is 2.47. The third kappa shape index (κ3) is 2.91. The predicted octanol–water partition coefficient (Wildman–Crippen LogP) is 2.40. The molecule has 1 heterocycles. The predicted molar refractivity (Wildman–Crippen MR) is 71.7 cm³/mol. The summed E-state index contributed by atoms with van der Waals surface area (Å²) < 4.78 is 5.68. The molecule has 0 aliphatic carbocycles. The van der Waals surface area contributed by atoms with Crippen LogP contribution in [-0.4, -0.2) is 25.2 Å². The second kappa shape index (κ2) is 4.96. The molecule has 1 aliphatic heterocycles. The molecule has 1 aromatic carbocycles. The molecule has 0 spiro atoms. The summed E-state index contributed by atoms with van der Waals surface area (Å²) in [6.45, 7) is 6.81. The number of piperidine rings is 1. The molecule has 1 aromatic rings. The van der Waals surface area contributed by atoms with Crippen molar-refractivity contribution < 1.29 is 4.74 Å². The quantitative estimate of drug-likeness (QED) is 0.872. The highest BCUT2D eigenvalue weighted by Gasteiger charge is 2.28. The van der Waals surface area contributed by atoms with Crippen molar-refractivity contribution in [2.75, 3.05) is 24.6 Å². The molecule has 3 nitrogen and oxygen atoms in total. The number of nitrogens with zero attached hydrogens (tertiary/aromatic N) is 1. The van der Waals surface area contributed by atoms with E-state index < -0.39 is 0 Å². The van der Waals surface area contributed by atoms with E-state index in [0.717, 1.165) is 31.7 Å². The van der Waals surface area contributed by atoms with Crippen molar-refractivity contribution in [1.82, 2.24) is 0 Å². The van der Waals surface area contributed by atoms with Gasteiger partial charge in [0.2, 0.25) is 0 Å². The number of benzene rings is 1. The highest BCUT2D eigenvalue weighted by atomic mass is 16.5. The van der Waals surface area contributed by atoms with E-state index in [1.807, 2.05) is 19.1 Å². The van der Waals surface area contributed by atoms with Gasteiger partial charge in [-0.25, -0.2) is 0 Å². The van der Waals surface area contributed by atoms with Crippen molar-refractivity contribution in [2.24, 2.45) is 5.73 Å². The van der Waals surface area contributed by atoms with Gasteiger partial charge in [-0.05, 0) is 38.8 Å². The Bertz CT molecular complexity index is 376. The Morgan fingerprint density at radius 3 is 2.88 bits per heavy atom. The highest BCUT2D eigenvalue weighted by molar-refractivity contribution is 5.59. The second-order valence-electron chi connectivity index (χ2n) is 5.08. The largest absolute Gasteiger partial charge is 0.492 e. The van der Waals surface area contributed by atoms with Crippen LogP contribution in [0.15, 0.2) is 24.3 Å². The summed E-state index contributed by atoms with van der Waals surface area (Å²) in [5.41, 5.74) is 7.33. The number of ether oxygens (including phenoxy) is 1. The fraction of sp³-hybridized carbons (Fsp3) is 0.571. The minimum Gasteiger partial charge on any atom is -0.492 e. The zero-order chi connectivity index (χ0) is 12.3. The van der Waals surface area contributed by atoms with Crippen LogP contribution in [0, 0.1) is 0 Å². The zero-order valence-corrected chi connectivity index (χ0v) is 10.8. The van der Waals surface area contributed by atoms with Gasteiger partial charge >= 0.3 is 0 Å². The van der Waals surface area contributed by atoms with Crippen LogP contribution in [0.5, 0.6) is 5.75 Å². The first-order valence-electron chi connectivity index (χ1n) is 6.38. The van der Waals surface area contributed by atoms with Crippen LogP contribution in [0.25, 0.3) is 0 Å². The maximum absolute atomic E-state index is 6.25. The summed E-state index contributed by atoms with van der Waals surface area (Å²) in [4.78, 5) is 2.34. The summed E-state index contributed by atoms with van der Waals surface area (Å²) in [7, 11) is 0. The monoisotopic (exact) mass is 234 g/mol. The molecule has 1 atom stereocenters. The van der Waals surface area contributed by atoms with E-state index in [4.69, 9.17) is 10.5 Å². The Balaban J connectivity index is 2.21. The summed E-state index contributed by atoms with van der Waals surface area (Å²) in [5, 5.41) is 0. The van der Waals surface area contributed by atoms with Crippen LogP contribution in [0.4, 0.5) is 5.69 Å². The lowest BCUT2D eigenvalue weighted by molar-refractivity contribution is 0.334. The van der Waals surface area contributed by atoms with Gasteiger partial charge in [0.25, 0.3) is 0 Å². The number of hydrogen-bond acceptors (Lipinski definition) is 3. The first-order chi connectivity index (χ1) is 8.12. The van der Waals surface area contributed by atoms with Crippen molar-refractivity contribution in [1.29, 1.82) is 0 Å². The van der Waals surface area contributed by atoms with Crippen LogP contribution in [0.3, 0.4) is 0 Å². The first-order valence-corrected chi connectivity index (χ1v) is 6.38. The second-order valence-corrected chi connectivity index (χ2v) is 5.08. The van der Waals surface area contributed by atoms with Crippen molar-refractivity contribution in [3.05, 3.63) is 24.3 Å². The smallest absolute Gasteiger partial charge is 0.142 e. The lowest BCUT2D eigenvalue weighted by Crippen LogP contribution is -2.52. The Kier molecular flexibility index (Phi) is 3.57. The molecule has 0 radical (unpaired) electrons. The molecule has 94 valence electrons. The highest BCUT2D eigenvalue weighted by Crippen LogP contribution is 2.31. The van der Waals surface area contributed by atoms with Gasteiger partial charge in [0, 0.05) is 18.6 Å². The molecule has 0 saturated carbocycles. The SMILES string of the molecule is CCOc1ccccc1N1CCCC(C)(N)C1. The van der Waals surface area contributed by atoms with E-state index in [0.29, 0.717) is 6.61 Å². The molecule has 1 unspecified atom stereocenters. The lowest BCUT2D eigenvalue weighted by atomic mass is 9.92. The summed E-state index contributed by atoms with van der Waals surface area (Å²) in [6, 6.07) is 8.22. The molecule has 2 rings (SSSR count). The summed E-state index contributed by atoms with van der Waals surface area (Å²) in [5.74, 6) is 0.965. The molecular formula is C14H22N2O. The molecular weight excluding hydrogens is 212 g/mol.